The normalized spacial score (nSPS) is 10.8. The number of nitrogens with one attached hydrogen (secondary N) is 1. The van der Waals surface area contributed by atoms with Gasteiger partial charge >= 0.3 is 0 Å². The van der Waals surface area contributed by atoms with Crippen LogP contribution in [0.2, 0.25) is 5.02 Å². The number of fused-ring (bicyclic) bond motifs is 1. The van der Waals surface area contributed by atoms with E-state index >= 15 is 0 Å². The number of carbonyl (C=O) groups is 1. The zero-order chi connectivity index (χ0) is 17.3. The standard InChI is InChI=1S/C17H16ClN3O2S/c1-9-4-5-12(6-13(9)18)21-14(22)7-23-16-15-10(2)11(3)24-17(15)20-8-19-16/h4-6,8H,7H2,1-3H3,(H,21,22). The van der Waals surface area contributed by atoms with Crippen molar-refractivity contribution in [1.29, 1.82) is 0 Å². The molecule has 0 aliphatic carbocycles. The minimum atomic E-state index is -0.272. The van der Waals surface area contributed by atoms with Crippen molar-refractivity contribution in [3.63, 3.8) is 0 Å². The fourth-order valence-corrected chi connectivity index (χ4v) is 3.43. The molecule has 0 atom stereocenters. The van der Waals surface area contributed by atoms with Crippen LogP contribution in [0.15, 0.2) is 24.5 Å². The highest BCUT2D eigenvalue weighted by atomic mass is 35.5. The molecule has 0 spiro atoms. The van der Waals surface area contributed by atoms with Gasteiger partial charge in [-0.3, -0.25) is 4.79 Å². The summed E-state index contributed by atoms with van der Waals surface area (Å²) in [7, 11) is 0. The first kappa shape index (κ1) is 16.7. The summed E-state index contributed by atoms with van der Waals surface area (Å²) in [6.45, 7) is 5.80. The van der Waals surface area contributed by atoms with Gasteiger partial charge in [-0.1, -0.05) is 17.7 Å². The van der Waals surface area contributed by atoms with E-state index in [1.54, 1.807) is 23.5 Å². The molecule has 24 heavy (non-hydrogen) atoms. The molecular weight excluding hydrogens is 346 g/mol. The molecule has 1 amide bonds. The van der Waals surface area contributed by atoms with E-state index < -0.39 is 0 Å². The summed E-state index contributed by atoms with van der Waals surface area (Å²) in [4.78, 5) is 22.5. The van der Waals surface area contributed by atoms with Gasteiger partial charge in [0.1, 0.15) is 11.2 Å². The van der Waals surface area contributed by atoms with Crippen LogP contribution >= 0.6 is 22.9 Å². The van der Waals surface area contributed by atoms with Gasteiger partial charge in [0.15, 0.2) is 6.61 Å². The Kier molecular flexibility index (Phi) is 4.69. The lowest BCUT2D eigenvalue weighted by molar-refractivity contribution is -0.118. The smallest absolute Gasteiger partial charge is 0.262 e. The largest absolute Gasteiger partial charge is 0.467 e. The van der Waals surface area contributed by atoms with E-state index in [0.29, 0.717) is 16.6 Å². The van der Waals surface area contributed by atoms with Crippen molar-refractivity contribution in [2.24, 2.45) is 0 Å². The number of aromatic nitrogens is 2. The van der Waals surface area contributed by atoms with Crippen molar-refractivity contribution in [3.8, 4) is 5.88 Å². The van der Waals surface area contributed by atoms with Crippen LogP contribution in [0, 0.1) is 20.8 Å². The number of nitrogens with zero attached hydrogens (tertiary/aromatic N) is 2. The van der Waals surface area contributed by atoms with Crippen LogP contribution in [-0.4, -0.2) is 22.5 Å². The van der Waals surface area contributed by atoms with Crippen molar-refractivity contribution in [1.82, 2.24) is 9.97 Å². The molecule has 3 rings (SSSR count). The Morgan fingerprint density at radius 3 is 2.83 bits per heavy atom. The summed E-state index contributed by atoms with van der Waals surface area (Å²) in [5.41, 5.74) is 2.67. The maximum Gasteiger partial charge on any atom is 0.262 e. The van der Waals surface area contributed by atoms with Crippen molar-refractivity contribution < 1.29 is 9.53 Å². The van der Waals surface area contributed by atoms with Crippen molar-refractivity contribution in [2.75, 3.05) is 11.9 Å². The third kappa shape index (κ3) is 3.34. The molecule has 0 unspecified atom stereocenters. The minimum Gasteiger partial charge on any atom is -0.467 e. The number of halogens is 1. The topological polar surface area (TPSA) is 64.1 Å². The van der Waals surface area contributed by atoms with Crippen LogP contribution in [0.25, 0.3) is 10.2 Å². The molecule has 3 aromatic rings. The van der Waals surface area contributed by atoms with Gasteiger partial charge in [-0.15, -0.1) is 11.3 Å². The number of hydrogen-bond donors (Lipinski definition) is 1. The zero-order valence-corrected chi connectivity index (χ0v) is 15.1. The zero-order valence-electron chi connectivity index (χ0n) is 13.5. The summed E-state index contributed by atoms with van der Waals surface area (Å²) >= 11 is 7.64. The highest BCUT2D eigenvalue weighted by Gasteiger charge is 2.14. The number of hydrogen-bond acceptors (Lipinski definition) is 5. The van der Waals surface area contributed by atoms with Crippen LogP contribution < -0.4 is 10.1 Å². The molecule has 7 heteroatoms. The average Bonchev–Trinajstić information content (AvgIpc) is 2.84. The van der Waals surface area contributed by atoms with Crippen molar-refractivity contribution >= 4 is 44.7 Å². The molecule has 0 aliphatic rings. The SMILES string of the molecule is Cc1ccc(NC(=O)COc2ncnc3sc(C)c(C)c23)cc1Cl. The number of amides is 1. The molecule has 0 bridgehead atoms. The van der Waals surface area contributed by atoms with Crippen LogP contribution in [0.4, 0.5) is 5.69 Å². The highest BCUT2D eigenvalue weighted by Crippen LogP contribution is 2.33. The molecule has 1 aromatic carbocycles. The molecule has 0 saturated carbocycles. The van der Waals surface area contributed by atoms with Gasteiger partial charge < -0.3 is 10.1 Å². The molecule has 5 nitrogen and oxygen atoms in total. The van der Waals surface area contributed by atoms with E-state index in [2.05, 4.69) is 15.3 Å². The van der Waals surface area contributed by atoms with E-state index in [9.17, 15) is 4.79 Å². The molecule has 0 saturated heterocycles. The lowest BCUT2D eigenvalue weighted by Crippen LogP contribution is -2.20. The van der Waals surface area contributed by atoms with Gasteiger partial charge in [-0.05, 0) is 44.0 Å². The Bertz CT molecular complexity index is 924. The molecule has 0 fully saturated rings. The van der Waals surface area contributed by atoms with E-state index in [4.69, 9.17) is 16.3 Å². The van der Waals surface area contributed by atoms with Gasteiger partial charge in [0.2, 0.25) is 5.88 Å². The number of carbonyl (C=O) groups excluding carboxylic acids is 1. The summed E-state index contributed by atoms with van der Waals surface area (Å²) in [5, 5.41) is 4.23. The van der Waals surface area contributed by atoms with E-state index in [-0.39, 0.29) is 12.5 Å². The van der Waals surface area contributed by atoms with E-state index in [1.165, 1.54) is 6.33 Å². The number of benzene rings is 1. The predicted octanol–water partition coefficient (Wildman–Crippen LogP) is 4.29. The Morgan fingerprint density at radius 1 is 1.29 bits per heavy atom. The second-order valence-corrected chi connectivity index (χ2v) is 7.05. The summed E-state index contributed by atoms with van der Waals surface area (Å²) in [6.07, 6.45) is 1.45. The van der Waals surface area contributed by atoms with Gasteiger partial charge in [0, 0.05) is 15.6 Å². The average molecular weight is 362 g/mol. The van der Waals surface area contributed by atoms with Crippen LogP contribution in [0.5, 0.6) is 5.88 Å². The van der Waals surface area contributed by atoms with Gasteiger partial charge in [-0.25, -0.2) is 9.97 Å². The quantitative estimate of drug-likeness (QED) is 0.753. The third-order valence-corrected chi connectivity index (χ3v) is 5.25. The molecule has 0 radical (unpaired) electrons. The number of anilines is 1. The fourth-order valence-electron chi connectivity index (χ4n) is 2.26. The first-order valence-corrected chi connectivity index (χ1v) is 8.54. The molecular formula is C17H16ClN3O2S. The first-order valence-electron chi connectivity index (χ1n) is 7.35. The second kappa shape index (κ2) is 6.75. The molecule has 2 heterocycles. The maximum absolute atomic E-state index is 12.1. The Hall–Kier alpha value is -2.18. The maximum atomic E-state index is 12.1. The predicted molar refractivity (Wildman–Crippen MR) is 97.2 cm³/mol. The lowest BCUT2D eigenvalue weighted by Gasteiger charge is -2.09. The molecule has 0 aliphatic heterocycles. The van der Waals surface area contributed by atoms with Crippen LogP contribution in [0.3, 0.4) is 0 Å². The van der Waals surface area contributed by atoms with E-state index in [0.717, 1.165) is 26.2 Å². The van der Waals surface area contributed by atoms with Gasteiger partial charge in [0.25, 0.3) is 5.91 Å². The number of rotatable bonds is 4. The van der Waals surface area contributed by atoms with Crippen LogP contribution in [-0.2, 0) is 4.79 Å². The lowest BCUT2D eigenvalue weighted by atomic mass is 10.2. The van der Waals surface area contributed by atoms with Gasteiger partial charge in [0.05, 0.1) is 5.39 Å². The number of thiophene rings is 1. The Labute approximate surface area is 148 Å². The molecule has 1 N–H and O–H groups in total. The Morgan fingerprint density at radius 2 is 2.08 bits per heavy atom. The highest BCUT2D eigenvalue weighted by molar-refractivity contribution is 7.18. The summed E-state index contributed by atoms with van der Waals surface area (Å²) in [5.74, 6) is 0.158. The molecule has 124 valence electrons. The second-order valence-electron chi connectivity index (χ2n) is 5.44. The minimum absolute atomic E-state index is 0.133. The number of ether oxygens (including phenoxy) is 1. The first-order chi connectivity index (χ1) is 11.5. The van der Waals surface area contributed by atoms with Crippen molar-refractivity contribution in [3.05, 3.63) is 45.6 Å². The van der Waals surface area contributed by atoms with Crippen LogP contribution in [0.1, 0.15) is 16.0 Å². The molecule has 2 aromatic heterocycles. The summed E-state index contributed by atoms with van der Waals surface area (Å²) < 4.78 is 5.61. The third-order valence-electron chi connectivity index (χ3n) is 3.73. The summed E-state index contributed by atoms with van der Waals surface area (Å²) in [6, 6.07) is 5.36. The van der Waals surface area contributed by atoms with Gasteiger partial charge in [-0.2, -0.15) is 0 Å². The monoisotopic (exact) mass is 361 g/mol. The van der Waals surface area contributed by atoms with E-state index in [1.807, 2.05) is 26.8 Å². The van der Waals surface area contributed by atoms with Crippen molar-refractivity contribution in [2.45, 2.75) is 20.8 Å². The Balaban J connectivity index is 1.71. The number of aryl methyl sites for hydroxylation is 3. The fraction of sp³-hybridized carbons (Fsp3) is 0.235.